The van der Waals surface area contributed by atoms with E-state index in [1.54, 1.807) is 0 Å². The molecule has 0 saturated carbocycles. The summed E-state index contributed by atoms with van der Waals surface area (Å²) in [6, 6.07) is 2.79. The molecular weight excluding hydrogens is 230 g/mol. The van der Waals surface area contributed by atoms with Crippen molar-refractivity contribution in [1.29, 1.82) is 0 Å². The van der Waals surface area contributed by atoms with Crippen molar-refractivity contribution in [2.24, 2.45) is 5.84 Å². The third-order valence-electron chi connectivity index (χ3n) is 2.10. The molecule has 7 heteroatoms. The summed E-state index contributed by atoms with van der Waals surface area (Å²) in [6.07, 6.45) is 2.58. The Hall–Kier alpha value is -2.28. The summed E-state index contributed by atoms with van der Waals surface area (Å²) in [4.78, 5) is 15.4. The number of benzene rings is 1. The second-order valence-electron chi connectivity index (χ2n) is 3.22. The molecule has 1 aromatic heterocycles. The van der Waals surface area contributed by atoms with Crippen LogP contribution in [0.2, 0.25) is 0 Å². The first-order valence-corrected chi connectivity index (χ1v) is 4.62. The number of rotatable bonds is 2. The highest BCUT2D eigenvalue weighted by Gasteiger charge is 2.07. The molecule has 0 bridgehead atoms. The van der Waals surface area contributed by atoms with Crippen molar-refractivity contribution < 1.29 is 8.78 Å². The lowest BCUT2D eigenvalue weighted by Gasteiger charge is -2.07. The molecule has 0 aliphatic carbocycles. The van der Waals surface area contributed by atoms with Gasteiger partial charge in [0.15, 0.2) is 0 Å². The molecule has 1 heterocycles. The number of halogens is 2. The monoisotopic (exact) mass is 238 g/mol. The second-order valence-corrected chi connectivity index (χ2v) is 3.22. The number of anilines is 1. The average Bonchev–Trinajstić information content (AvgIpc) is 2.28. The van der Waals surface area contributed by atoms with Crippen molar-refractivity contribution in [3.63, 3.8) is 0 Å². The van der Waals surface area contributed by atoms with Gasteiger partial charge in [-0.05, 0) is 12.1 Å². The third-order valence-corrected chi connectivity index (χ3v) is 2.10. The Morgan fingerprint density at radius 1 is 1.24 bits per heavy atom. The highest BCUT2D eigenvalue weighted by Crippen LogP contribution is 2.11. The van der Waals surface area contributed by atoms with Crippen LogP contribution in [0.4, 0.5) is 14.6 Å². The maximum atomic E-state index is 13.0. The molecule has 0 unspecified atom stereocenters. The molecule has 17 heavy (non-hydrogen) atoms. The van der Waals surface area contributed by atoms with Crippen molar-refractivity contribution in [2.75, 3.05) is 5.43 Å². The largest absolute Gasteiger partial charge is 0.304 e. The standard InChI is InChI=1S/C10H8F2N4O/c11-6-3-7(12)5-8(4-6)16-2-1-14-9(15-13)10(16)17/h1-5H,13H2,(H,14,15). The summed E-state index contributed by atoms with van der Waals surface area (Å²) in [5.74, 6) is 3.43. The van der Waals surface area contributed by atoms with Crippen LogP contribution in [0.3, 0.4) is 0 Å². The molecule has 0 fully saturated rings. The molecule has 0 atom stereocenters. The van der Waals surface area contributed by atoms with E-state index in [9.17, 15) is 13.6 Å². The normalized spacial score (nSPS) is 10.3. The van der Waals surface area contributed by atoms with E-state index in [-0.39, 0.29) is 11.5 Å². The zero-order valence-electron chi connectivity index (χ0n) is 8.52. The van der Waals surface area contributed by atoms with E-state index in [1.807, 2.05) is 0 Å². The third kappa shape index (κ3) is 2.13. The van der Waals surface area contributed by atoms with Gasteiger partial charge in [0, 0.05) is 18.5 Å². The van der Waals surface area contributed by atoms with Crippen LogP contribution in [-0.4, -0.2) is 9.55 Å². The quantitative estimate of drug-likeness (QED) is 0.599. The highest BCUT2D eigenvalue weighted by atomic mass is 19.1. The van der Waals surface area contributed by atoms with E-state index in [2.05, 4.69) is 10.4 Å². The van der Waals surface area contributed by atoms with Crippen LogP contribution in [-0.2, 0) is 0 Å². The Bertz CT molecular complexity index is 591. The smallest absolute Gasteiger partial charge is 0.299 e. The molecular formula is C10H8F2N4O. The van der Waals surface area contributed by atoms with E-state index in [0.717, 1.165) is 22.8 Å². The van der Waals surface area contributed by atoms with Gasteiger partial charge >= 0.3 is 0 Å². The van der Waals surface area contributed by atoms with Crippen LogP contribution in [0.15, 0.2) is 35.4 Å². The van der Waals surface area contributed by atoms with Gasteiger partial charge in [0.2, 0.25) is 5.82 Å². The number of aromatic nitrogens is 2. The topological polar surface area (TPSA) is 72.9 Å². The average molecular weight is 238 g/mol. The summed E-state index contributed by atoms with van der Waals surface area (Å²) in [5, 5.41) is 0. The zero-order valence-corrected chi connectivity index (χ0v) is 8.52. The number of nitrogens with two attached hydrogens (primary N) is 1. The van der Waals surface area contributed by atoms with E-state index >= 15 is 0 Å². The van der Waals surface area contributed by atoms with Gasteiger partial charge in [-0.15, -0.1) is 0 Å². The molecule has 1 aromatic carbocycles. The van der Waals surface area contributed by atoms with Gasteiger partial charge in [-0.3, -0.25) is 9.36 Å². The minimum Gasteiger partial charge on any atom is -0.304 e. The summed E-state index contributed by atoms with van der Waals surface area (Å²) >= 11 is 0. The van der Waals surface area contributed by atoms with Gasteiger partial charge in [-0.25, -0.2) is 19.6 Å². The number of nitrogens with zero attached hydrogens (tertiary/aromatic N) is 2. The van der Waals surface area contributed by atoms with Crippen LogP contribution >= 0.6 is 0 Å². The van der Waals surface area contributed by atoms with E-state index in [1.165, 1.54) is 12.4 Å². The first-order chi connectivity index (χ1) is 8.11. The van der Waals surface area contributed by atoms with Crippen LogP contribution in [0.1, 0.15) is 0 Å². The predicted molar refractivity (Wildman–Crippen MR) is 57.6 cm³/mol. The molecule has 0 spiro atoms. The highest BCUT2D eigenvalue weighted by molar-refractivity contribution is 5.37. The van der Waals surface area contributed by atoms with Crippen molar-refractivity contribution in [2.45, 2.75) is 0 Å². The Labute approximate surface area is 94.5 Å². The summed E-state index contributed by atoms with van der Waals surface area (Å²) in [5.41, 5.74) is 1.57. The SMILES string of the molecule is NNc1nccn(-c2cc(F)cc(F)c2)c1=O. The minimum atomic E-state index is -0.772. The fourth-order valence-electron chi connectivity index (χ4n) is 1.39. The number of hydrogen-bond acceptors (Lipinski definition) is 4. The molecule has 0 radical (unpaired) electrons. The van der Waals surface area contributed by atoms with Crippen LogP contribution in [0, 0.1) is 11.6 Å². The number of nitrogen functional groups attached to an aromatic ring is 1. The lowest BCUT2D eigenvalue weighted by Crippen LogP contribution is -2.25. The Morgan fingerprint density at radius 3 is 2.47 bits per heavy atom. The van der Waals surface area contributed by atoms with E-state index < -0.39 is 17.2 Å². The van der Waals surface area contributed by atoms with E-state index in [0.29, 0.717) is 0 Å². The number of hydrazine groups is 1. The first-order valence-electron chi connectivity index (χ1n) is 4.62. The molecule has 2 rings (SSSR count). The van der Waals surface area contributed by atoms with Gasteiger partial charge < -0.3 is 5.43 Å². The van der Waals surface area contributed by atoms with Gasteiger partial charge in [-0.1, -0.05) is 0 Å². The maximum Gasteiger partial charge on any atom is 0.299 e. The fourth-order valence-corrected chi connectivity index (χ4v) is 1.39. The van der Waals surface area contributed by atoms with E-state index in [4.69, 9.17) is 5.84 Å². The predicted octanol–water partition coefficient (Wildman–Crippen LogP) is 0.796. The minimum absolute atomic E-state index is 0.0615. The van der Waals surface area contributed by atoms with Crippen molar-refractivity contribution >= 4 is 5.82 Å². The van der Waals surface area contributed by atoms with Gasteiger partial charge in [0.1, 0.15) is 11.6 Å². The molecule has 0 saturated heterocycles. The van der Waals surface area contributed by atoms with Crippen molar-refractivity contribution in [3.05, 3.63) is 52.6 Å². The Kier molecular flexibility index (Phi) is 2.84. The zero-order chi connectivity index (χ0) is 12.4. The summed E-state index contributed by atoms with van der Waals surface area (Å²) in [6.45, 7) is 0. The van der Waals surface area contributed by atoms with Crippen LogP contribution in [0.25, 0.3) is 5.69 Å². The lowest BCUT2D eigenvalue weighted by atomic mass is 10.3. The fraction of sp³-hybridized carbons (Fsp3) is 0. The molecule has 3 N–H and O–H groups in total. The molecule has 0 aliphatic heterocycles. The first kappa shape index (κ1) is 11.2. The Balaban J connectivity index is 2.64. The Morgan fingerprint density at radius 2 is 1.88 bits per heavy atom. The molecule has 0 aliphatic rings. The van der Waals surface area contributed by atoms with Gasteiger partial charge in [0.25, 0.3) is 5.56 Å². The summed E-state index contributed by atoms with van der Waals surface area (Å²) < 4.78 is 27.1. The van der Waals surface area contributed by atoms with Gasteiger partial charge in [-0.2, -0.15) is 0 Å². The second kappa shape index (κ2) is 4.30. The van der Waals surface area contributed by atoms with Crippen LogP contribution in [0.5, 0.6) is 0 Å². The maximum absolute atomic E-state index is 13.0. The van der Waals surface area contributed by atoms with Crippen molar-refractivity contribution in [3.8, 4) is 5.69 Å². The van der Waals surface area contributed by atoms with Crippen molar-refractivity contribution in [1.82, 2.24) is 9.55 Å². The lowest BCUT2D eigenvalue weighted by molar-refractivity contribution is 0.581. The molecule has 0 amide bonds. The summed E-state index contributed by atoms with van der Waals surface area (Å²) in [7, 11) is 0. The van der Waals surface area contributed by atoms with Gasteiger partial charge in [0.05, 0.1) is 5.69 Å². The molecule has 5 nitrogen and oxygen atoms in total. The van der Waals surface area contributed by atoms with Crippen LogP contribution < -0.4 is 16.8 Å². The number of hydrogen-bond donors (Lipinski definition) is 2. The number of nitrogens with one attached hydrogen (secondary N) is 1. The molecule has 2 aromatic rings. The molecule has 88 valence electrons.